The molecule has 25 heavy (non-hydrogen) atoms. The molecule has 4 rings (SSSR count). The summed E-state index contributed by atoms with van der Waals surface area (Å²) in [4.78, 5) is 7.05. The number of piperidine rings is 1. The molecule has 2 fully saturated rings. The maximum Gasteiger partial charge on any atom is 0.195 e. The van der Waals surface area contributed by atoms with Crippen molar-refractivity contribution in [3.8, 4) is 0 Å². The van der Waals surface area contributed by atoms with Gasteiger partial charge in [-0.15, -0.1) is 0 Å². The Morgan fingerprint density at radius 1 is 1.32 bits per heavy atom. The van der Waals surface area contributed by atoms with Gasteiger partial charge in [0.2, 0.25) is 0 Å². The van der Waals surface area contributed by atoms with E-state index < -0.39 is 0 Å². The standard InChI is InChI=1S/C20H28N2O3/c1-2-24-18-14-17(23)20(18)9-12-22(13-10-20)11-5-8-19-21-15-6-3-4-7-16(15)25-19/h3-4,6-7,17-18,23H,2,5,8-14H2,1H3. The number of hydrogen-bond acceptors (Lipinski definition) is 5. The fourth-order valence-electron chi connectivity index (χ4n) is 4.49. The predicted molar refractivity (Wildman–Crippen MR) is 96.5 cm³/mol. The molecular formula is C20H28N2O3. The fraction of sp³-hybridized carbons (Fsp3) is 0.650. The van der Waals surface area contributed by atoms with Crippen molar-refractivity contribution < 1.29 is 14.3 Å². The van der Waals surface area contributed by atoms with Gasteiger partial charge in [0.05, 0.1) is 12.2 Å². The van der Waals surface area contributed by atoms with Crippen LogP contribution in [0.4, 0.5) is 0 Å². The smallest absolute Gasteiger partial charge is 0.195 e. The van der Waals surface area contributed by atoms with Gasteiger partial charge in [0, 0.05) is 24.9 Å². The summed E-state index contributed by atoms with van der Waals surface area (Å²) in [5, 5.41) is 10.3. The van der Waals surface area contributed by atoms with E-state index in [1.54, 1.807) is 0 Å². The molecule has 2 aliphatic rings. The molecule has 1 N–H and O–H groups in total. The first-order chi connectivity index (χ1) is 12.2. The summed E-state index contributed by atoms with van der Waals surface area (Å²) in [6.45, 7) is 5.94. The minimum absolute atomic E-state index is 0.0206. The minimum Gasteiger partial charge on any atom is -0.441 e. The van der Waals surface area contributed by atoms with Crippen molar-refractivity contribution in [3.63, 3.8) is 0 Å². The van der Waals surface area contributed by atoms with Crippen LogP contribution < -0.4 is 0 Å². The van der Waals surface area contributed by atoms with Gasteiger partial charge in [-0.05, 0) is 58.0 Å². The van der Waals surface area contributed by atoms with Crippen molar-refractivity contribution in [3.05, 3.63) is 30.2 Å². The molecule has 2 unspecified atom stereocenters. The number of oxazole rings is 1. The Balaban J connectivity index is 1.25. The summed E-state index contributed by atoms with van der Waals surface area (Å²) in [5.74, 6) is 0.834. The molecule has 2 atom stereocenters. The minimum atomic E-state index is -0.175. The lowest BCUT2D eigenvalue weighted by Gasteiger charge is -2.56. The summed E-state index contributed by atoms with van der Waals surface area (Å²) in [5.41, 5.74) is 1.84. The number of aliphatic hydroxyl groups is 1. The quantitative estimate of drug-likeness (QED) is 0.873. The Hall–Kier alpha value is -1.43. The van der Waals surface area contributed by atoms with Crippen molar-refractivity contribution in [2.24, 2.45) is 5.41 Å². The van der Waals surface area contributed by atoms with Crippen LogP contribution in [0.1, 0.15) is 38.5 Å². The predicted octanol–water partition coefficient (Wildman–Crippen LogP) is 3.01. The van der Waals surface area contributed by atoms with Crippen molar-refractivity contribution in [1.29, 1.82) is 0 Å². The molecule has 0 radical (unpaired) electrons. The molecule has 1 aromatic carbocycles. The molecule has 2 heterocycles. The van der Waals surface area contributed by atoms with Crippen molar-refractivity contribution in [1.82, 2.24) is 9.88 Å². The Labute approximate surface area is 149 Å². The normalized spacial score (nSPS) is 26.2. The first-order valence-electron chi connectivity index (χ1n) is 9.58. The van der Waals surface area contributed by atoms with Crippen LogP contribution in [0.2, 0.25) is 0 Å². The van der Waals surface area contributed by atoms with Gasteiger partial charge in [0.25, 0.3) is 0 Å². The fourth-order valence-corrected chi connectivity index (χ4v) is 4.49. The second-order valence-corrected chi connectivity index (χ2v) is 7.45. The molecule has 1 saturated heterocycles. The number of aromatic nitrogens is 1. The van der Waals surface area contributed by atoms with Crippen LogP contribution in [0.25, 0.3) is 11.1 Å². The second kappa shape index (κ2) is 7.06. The highest BCUT2D eigenvalue weighted by atomic mass is 16.5. The second-order valence-electron chi connectivity index (χ2n) is 7.45. The highest BCUT2D eigenvalue weighted by Gasteiger charge is 2.55. The maximum atomic E-state index is 10.3. The molecule has 0 amide bonds. The Morgan fingerprint density at radius 2 is 2.12 bits per heavy atom. The zero-order valence-electron chi connectivity index (χ0n) is 15.0. The van der Waals surface area contributed by atoms with Gasteiger partial charge in [0.1, 0.15) is 5.52 Å². The third-order valence-corrected chi connectivity index (χ3v) is 6.10. The van der Waals surface area contributed by atoms with Crippen LogP contribution in [0.5, 0.6) is 0 Å². The highest BCUT2D eigenvalue weighted by molar-refractivity contribution is 5.72. The van der Waals surface area contributed by atoms with Crippen LogP contribution in [-0.2, 0) is 11.2 Å². The molecule has 1 aliphatic carbocycles. The van der Waals surface area contributed by atoms with E-state index in [0.717, 1.165) is 75.3 Å². The van der Waals surface area contributed by atoms with Crippen molar-refractivity contribution in [2.75, 3.05) is 26.2 Å². The molecule has 1 aliphatic heterocycles. The highest BCUT2D eigenvalue weighted by Crippen LogP contribution is 2.50. The molecule has 1 aromatic heterocycles. The molecule has 1 spiro atoms. The first-order valence-corrected chi connectivity index (χ1v) is 9.58. The zero-order valence-corrected chi connectivity index (χ0v) is 15.0. The van der Waals surface area contributed by atoms with Crippen LogP contribution in [0.3, 0.4) is 0 Å². The molecule has 5 heteroatoms. The van der Waals surface area contributed by atoms with E-state index in [1.165, 1.54) is 0 Å². The van der Waals surface area contributed by atoms with Gasteiger partial charge in [0.15, 0.2) is 11.5 Å². The number of hydrogen-bond donors (Lipinski definition) is 1. The van der Waals surface area contributed by atoms with E-state index in [0.29, 0.717) is 0 Å². The Kier molecular flexibility index (Phi) is 4.80. The summed E-state index contributed by atoms with van der Waals surface area (Å²) in [7, 11) is 0. The number of likely N-dealkylation sites (tertiary alicyclic amines) is 1. The number of nitrogens with zero attached hydrogens (tertiary/aromatic N) is 2. The number of ether oxygens (including phenoxy) is 1. The van der Waals surface area contributed by atoms with E-state index in [9.17, 15) is 5.11 Å². The maximum absolute atomic E-state index is 10.3. The molecule has 5 nitrogen and oxygen atoms in total. The number of aliphatic hydroxyl groups excluding tert-OH is 1. The van der Waals surface area contributed by atoms with Crippen LogP contribution in [-0.4, -0.2) is 53.4 Å². The Morgan fingerprint density at radius 3 is 2.84 bits per heavy atom. The number of fused-ring (bicyclic) bond motifs is 1. The van der Waals surface area contributed by atoms with Gasteiger partial charge in [-0.25, -0.2) is 4.98 Å². The summed E-state index contributed by atoms with van der Waals surface area (Å²) in [6, 6.07) is 7.92. The van der Waals surface area contributed by atoms with Crippen molar-refractivity contribution in [2.45, 2.75) is 51.2 Å². The molecule has 2 aromatic rings. The molecular weight excluding hydrogens is 316 g/mol. The lowest BCUT2D eigenvalue weighted by Crippen LogP contribution is -2.62. The van der Waals surface area contributed by atoms with Crippen LogP contribution >= 0.6 is 0 Å². The molecule has 136 valence electrons. The van der Waals surface area contributed by atoms with Gasteiger partial charge in [-0.3, -0.25) is 0 Å². The van der Waals surface area contributed by atoms with Crippen LogP contribution in [0.15, 0.2) is 28.7 Å². The number of aryl methyl sites for hydroxylation is 1. The topological polar surface area (TPSA) is 58.7 Å². The van der Waals surface area contributed by atoms with Crippen LogP contribution in [0, 0.1) is 5.41 Å². The summed E-state index contributed by atoms with van der Waals surface area (Å²) < 4.78 is 11.6. The average molecular weight is 344 g/mol. The average Bonchev–Trinajstić information content (AvgIpc) is 3.05. The van der Waals surface area contributed by atoms with E-state index >= 15 is 0 Å². The number of rotatable bonds is 6. The summed E-state index contributed by atoms with van der Waals surface area (Å²) in [6.07, 6.45) is 4.91. The van der Waals surface area contributed by atoms with Gasteiger partial charge >= 0.3 is 0 Å². The summed E-state index contributed by atoms with van der Waals surface area (Å²) >= 11 is 0. The number of para-hydroxylation sites is 2. The van der Waals surface area contributed by atoms with E-state index in [4.69, 9.17) is 9.15 Å². The largest absolute Gasteiger partial charge is 0.441 e. The third-order valence-electron chi connectivity index (χ3n) is 6.10. The lowest BCUT2D eigenvalue weighted by atomic mass is 9.58. The molecule has 1 saturated carbocycles. The SMILES string of the molecule is CCOC1CC(O)C12CCN(CCCc1nc3ccccc3o1)CC2. The zero-order chi connectivity index (χ0) is 17.3. The van der Waals surface area contributed by atoms with E-state index in [-0.39, 0.29) is 17.6 Å². The van der Waals surface area contributed by atoms with Gasteiger partial charge < -0.3 is 19.2 Å². The van der Waals surface area contributed by atoms with E-state index in [2.05, 4.69) is 9.88 Å². The lowest BCUT2D eigenvalue weighted by molar-refractivity contribution is -0.209. The molecule has 0 bridgehead atoms. The number of benzene rings is 1. The van der Waals surface area contributed by atoms with Gasteiger partial charge in [-0.2, -0.15) is 0 Å². The van der Waals surface area contributed by atoms with Crippen molar-refractivity contribution >= 4 is 11.1 Å². The Bertz CT molecular complexity index is 671. The van der Waals surface area contributed by atoms with Gasteiger partial charge in [-0.1, -0.05) is 12.1 Å². The monoisotopic (exact) mass is 344 g/mol. The first kappa shape index (κ1) is 17.0. The third kappa shape index (κ3) is 3.21. The van der Waals surface area contributed by atoms with E-state index in [1.807, 2.05) is 31.2 Å².